The van der Waals surface area contributed by atoms with Gasteiger partial charge >= 0.3 is 0 Å². The van der Waals surface area contributed by atoms with Gasteiger partial charge in [-0.3, -0.25) is 4.90 Å². The zero-order valence-corrected chi connectivity index (χ0v) is 12.2. The third-order valence-corrected chi connectivity index (χ3v) is 4.90. The second kappa shape index (κ2) is 5.99. The van der Waals surface area contributed by atoms with Gasteiger partial charge in [-0.25, -0.2) is 0 Å². The van der Waals surface area contributed by atoms with Gasteiger partial charge in [-0.15, -0.1) is 0 Å². The number of hydrogen-bond donors (Lipinski definition) is 0. The lowest BCUT2D eigenvalue weighted by atomic mass is 9.80. The summed E-state index contributed by atoms with van der Waals surface area (Å²) >= 11 is 0. The molecule has 1 saturated heterocycles. The lowest BCUT2D eigenvalue weighted by Crippen LogP contribution is -2.50. The van der Waals surface area contributed by atoms with Gasteiger partial charge in [0.2, 0.25) is 0 Å². The van der Waals surface area contributed by atoms with Crippen molar-refractivity contribution < 1.29 is 4.79 Å². The first-order valence-electron chi connectivity index (χ1n) is 7.18. The minimum atomic E-state index is -0.120. The minimum absolute atomic E-state index is 0.120. The monoisotopic (exact) mass is 239 g/mol. The summed E-state index contributed by atoms with van der Waals surface area (Å²) in [6, 6.07) is 0.614. The predicted octanol–water partition coefficient (Wildman–Crippen LogP) is 3.36. The van der Waals surface area contributed by atoms with Gasteiger partial charge in [0.05, 0.1) is 0 Å². The van der Waals surface area contributed by atoms with Crippen LogP contribution in [0.1, 0.15) is 53.9 Å². The molecule has 0 radical (unpaired) electrons. The molecule has 0 aliphatic carbocycles. The predicted molar refractivity (Wildman–Crippen MR) is 73.1 cm³/mol. The van der Waals surface area contributed by atoms with Crippen LogP contribution < -0.4 is 0 Å². The third-order valence-electron chi connectivity index (χ3n) is 4.90. The maximum Gasteiger partial charge on any atom is 0.127 e. The highest BCUT2D eigenvalue weighted by molar-refractivity contribution is 5.59. The van der Waals surface area contributed by atoms with E-state index in [0.29, 0.717) is 6.04 Å². The summed E-state index contributed by atoms with van der Waals surface area (Å²) in [6.45, 7) is 13.4. The van der Waals surface area contributed by atoms with Crippen LogP contribution >= 0.6 is 0 Å². The molecule has 0 spiro atoms. The van der Waals surface area contributed by atoms with E-state index in [4.69, 9.17) is 0 Å². The summed E-state index contributed by atoms with van der Waals surface area (Å²) in [7, 11) is 0. The first-order valence-corrected chi connectivity index (χ1v) is 7.18. The normalized spacial score (nSPS) is 31.5. The molecule has 1 aliphatic heterocycles. The van der Waals surface area contributed by atoms with Crippen molar-refractivity contribution in [2.45, 2.75) is 59.9 Å². The van der Waals surface area contributed by atoms with Crippen LogP contribution in [0.15, 0.2) is 0 Å². The van der Waals surface area contributed by atoms with E-state index < -0.39 is 0 Å². The van der Waals surface area contributed by atoms with E-state index in [1.54, 1.807) is 0 Å². The molecular weight excluding hydrogens is 210 g/mol. The molecule has 1 heterocycles. The van der Waals surface area contributed by atoms with Crippen LogP contribution in [0.5, 0.6) is 0 Å². The first kappa shape index (κ1) is 14.7. The van der Waals surface area contributed by atoms with E-state index in [-0.39, 0.29) is 5.41 Å². The number of aldehydes is 1. The molecule has 1 fully saturated rings. The lowest BCUT2D eigenvalue weighted by molar-refractivity contribution is -0.118. The zero-order chi connectivity index (χ0) is 13.1. The van der Waals surface area contributed by atoms with Crippen LogP contribution in [-0.4, -0.2) is 30.3 Å². The van der Waals surface area contributed by atoms with Crippen LogP contribution in [0.25, 0.3) is 0 Å². The van der Waals surface area contributed by atoms with Crippen molar-refractivity contribution in [2.24, 2.45) is 17.3 Å². The Morgan fingerprint density at radius 1 is 1.24 bits per heavy atom. The van der Waals surface area contributed by atoms with Gasteiger partial charge in [0.25, 0.3) is 0 Å². The fourth-order valence-corrected chi connectivity index (χ4v) is 3.12. The third kappa shape index (κ3) is 3.31. The summed E-state index contributed by atoms with van der Waals surface area (Å²) in [5, 5.41) is 0. The average Bonchev–Trinajstić information content (AvgIpc) is 2.32. The quantitative estimate of drug-likeness (QED) is 0.686. The van der Waals surface area contributed by atoms with Gasteiger partial charge < -0.3 is 4.79 Å². The fraction of sp³-hybridized carbons (Fsp3) is 0.933. The number of likely N-dealkylation sites (tertiary alicyclic amines) is 1. The van der Waals surface area contributed by atoms with Crippen molar-refractivity contribution in [3.8, 4) is 0 Å². The molecule has 2 heteroatoms. The van der Waals surface area contributed by atoms with E-state index >= 15 is 0 Å². The molecule has 0 aromatic rings. The van der Waals surface area contributed by atoms with Gasteiger partial charge in [-0.1, -0.05) is 27.7 Å². The molecule has 1 aliphatic rings. The van der Waals surface area contributed by atoms with Crippen molar-refractivity contribution in [3.63, 3.8) is 0 Å². The molecule has 0 bridgehead atoms. The lowest BCUT2D eigenvalue weighted by Gasteiger charge is -2.44. The zero-order valence-electron chi connectivity index (χ0n) is 12.2. The van der Waals surface area contributed by atoms with E-state index in [1.165, 1.54) is 12.7 Å². The van der Waals surface area contributed by atoms with Gasteiger partial charge in [0, 0.05) is 24.5 Å². The van der Waals surface area contributed by atoms with Gasteiger partial charge in [-0.2, -0.15) is 0 Å². The summed E-state index contributed by atoms with van der Waals surface area (Å²) < 4.78 is 0. The molecule has 1 rings (SSSR count). The van der Waals surface area contributed by atoms with Crippen LogP contribution in [-0.2, 0) is 4.79 Å². The van der Waals surface area contributed by atoms with Crippen LogP contribution in [0, 0.1) is 17.3 Å². The van der Waals surface area contributed by atoms with Crippen LogP contribution in [0.2, 0.25) is 0 Å². The molecule has 0 aromatic carbocycles. The first-order chi connectivity index (χ1) is 7.98. The number of nitrogens with zero attached hydrogens (tertiary/aromatic N) is 1. The van der Waals surface area contributed by atoms with E-state index in [1.807, 2.05) is 0 Å². The second-order valence-electron chi connectivity index (χ2n) is 6.18. The van der Waals surface area contributed by atoms with Gasteiger partial charge in [0.15, 0.2) is 0 Å². The highest BCUT2D eigenvalue weighted by Crippen LogP contribution is 2.32. The van der Waals surface area contributed by atoms with Gasteiger partial charge in [-0.05, 0) is 38.0 Å². The molecule has 17 heavy (non-hydrogen) atoms. The number of piperidine rings is 1. The Morgan fingerprint density at radius 3 is 2.29 bits per heavy atom. The molecule has 3 atom stereocenters. The van der Waals surface area contributed by atoms with E-state index in [9.17, 15) is 4.79 Å². The molecule has 0 aromatic heterocycles. The standard InChI is InChI=1S/C15H29NO/c1-6-15(7-2,11-17)10-16-9-12(3)8-13(4)14(16)5/h11-14H,6-10H2,1-5H3. The Hall–Kier alpha value is -0.370. The topological polar surface area (TPSA) is 20.3 Å². The number of carbonyl (C=O) groups excluding carboxylic acids is 1. The van der Waals surface area contributed by atoms with Crippen LogP contribution in [0.4, 0.5) is 0 Å². The summed E-state index contributed by atoms with van der Waals surface area (Å²) in [4.78, 5) is 13.9. The van der Waals surface area contributed by atoms with Crippen molar-refractivity contribution in [2.75, 3.05) is 13.1 Å². The maximum absolute atomic E-state index is 11.4. The summed E-state index contributed by atoms with van der Waals surface area (Å²) in [5.41, 5.74) is -0.120. The largest absolute Gasteiger partial charge is 0.303 e. The molecule has 0 saturated carbocycles. The Labute approximate surface area is 107 Å². The smallest absolute Gasteiger partial charge is 0.127 e. The van der Waals surface area contributed by atoms with Crippen molar-refractivity contribution in [3.05, 3.63) is 0 Å². The number of hydrogen-bond acceptors (Lipinski definition) is 2. The summed E-state index contributed by atoms with van der Waals surface area (Å²) in [5.74, 6) is 1.51. The Bertz CT molecular complexity index is 247. The summed E-state index contributed by atoms with van der Waals surface area (Å²) in [6.07, 6.45) is 4.44. The number of rotatable bonds is 5. The van der Waals surface area contributed by atoms with Gasteiger partial charge in [0.1, 0.15) is 6.29 Å². The highest BCUT2D eigenvalue weighted by atomic mass is 16.1. The Balaban J connectivity index is 2.74. The van der Waals surface area contributed by atoms with E-state index in [0.717, 1.165) is 37.8 Å². The van der Waals surface area contributed by atoms with Crippen molar-refractivity contribution in [1.82, 2.24) is 4.90 Å². The molecule has 0 N–H and O–H groups in total. The molecule has 0 amide bonds. The van der Waals surface area contributed by atoms with Crippen molar-refractivity contribution >= 4 is 6.29 Å². The fourth-order valence-electron chi connectivity index (χ4n) is 3.12. The second-order valence-corrected chi connectivity index (χ2v) is 6.18. The Kier molecular flexibility index (Phi) is 5.18. The molecule has 2 nitrogen and oxygen atoms in total. The Morgan fingerprint density at radius 2 is 1.82 bits per heavy atom. The van der Waals surface area contributed by atoms with Crippen molar-refractivity contribution in [1.29, 1.82) is 0 Å². The number of carbonyl (C=O) groups is 1. The molecule has 100 valence electrons. The maximum atomic E-state index is 11.4. The van der Waals surface area contributed by atoms with Crippen LogP contribution in [0.3, 0.4) is 0 Å². The highest BCUT2D eigenvalue weighted by Gasteiger charge is 2.35. The minimum Gasteiger partial charge on any atom is -0.303 e. The SMILES string of the molecule is CCC(C=O)(CC)CN1CC(C)CC(C)C1C. The van der Waals surface area contributed by atoms with E-state index in [2.05, 4.69) is 39.5 Å². The molecular formula is C15H29NO. The molecule has 3 unspecified atom stereocenters. The average molecular weight is 239 g/mol.